The van der Waals surface area contributed by atoms with Crippen molar-refractivity contribution in [3.8, 4) is 0 Å². The van der Waals surface area contributed by atoms with Crippen LogP contribution in [0.1, 0.15) is 23.8 Å². The van der Waals surface area contributed by atoms with Gasteiger partial charge in [0, 0.05) is 22.1 Å². The fourth-order valence-corrected chi connectivity index (χ4v) is 3.33. The third-order valence-corrected chi connectivity index (χ3v) is 4.76. The van der Waals surface area contributed by atoms with Gasteiger partial charge in [-0.1, -0.05) is 25.1 Å². The Bertz CT molecular complexity index is 434. The maximum Gasteiger partial charge on any atom is 0.0326 e. The zero-order chi connectivity index (χ0) is 12.6. The third kappa shape index (κ3) is 4.48. The molecule has 1 N–H and O–H groups in total. The SMILES string of the molecule is CCCNCc1ccc(SCc2cccs2)cc1. The van der Waals surface area contributed by atoms with Crippen LogP contribution in [0.3, 0.4) is 0 Å². The van der Waals surface area contributed by atoms with Crippen molar-refractivity contribution in [1.82, 2.24) is 5.32 Å². The molecule has 0 aliphatic heterocycles. The number of hydrogen-bond acceptors (Lipinski definition) is 3. The summed E-state index contributed by atoms with van der Waals surface area (Å²) in [6, 6.07) is 13.2. The van der Waals surface area contributed by atoms with Crippen molar-refractivity contribution >= 4 is 23.1 Å². The van der Waals surface area contributed by atoms with Crippen molar-refractivity contribution in [2.75, 3.05) is 6.54 Å². The van der Waals surface area contributed by atoms with E-state index in [-0.39, 0.29) is 0 Å². The Kier molecular flexibility index (Phi) is 5.78. The summed E-state index contributed by atoms with van der Waals surface area (Å²) in [5.41, 5.74) is 1.36. The van der Waals surface area contributed by atoms with Crippen molar-refractivity contribution in [1.29, 1.82) is 0 Å². The van der Waals surface area contributed by atoms with Gasteiger partial charge in [-0.25, -0.2) is 0 Å². The number of rotatable bonds is 7. The minimum atomic E-state index is 0.976. The highest BCUT2D eigenvalue weighted by Crippen LogP contribution is 2.25. The molecule has 0 unspecified atom stereocenters. The maximum absolute atomic E-state index is 3.42. The fourth-order valence-electron chi connectivity index (χ4n) is 1.66. The highest BCUT2D eigenvalue weighted by Gasteiger charge is 1.98. The number of thiophene rings is 1. The predicted molar refractivity (Wildman–Crippen MR) is 82.3 cm³/mol. The lowest BCUT2D eigenvalue weighted by molar-refractivity contribution is 0.675. The number of benzene rings is 1. The first kappa shape index (κ1) is 13.7. The van der Waals surface area contributed by atoms with E-state index in [4.69, 9.17) is 0 Å². The van der Waals surface area contributed by atoms with Crippen molar-refractivity contribution in [2.45, 2.75) is 30.5 Å². The van der Waals surface area contributed by atoms with Crippen LogP contribution in [0.5, 0.6) is 0 Å². The van der Waals surface area contributed by atoms with E-state index >= 15 is 0 Å². The van der Waals surface area contributed by atoms with Gasteiger partial charge in [0.05, 0.1) is 0 Å². The lowest BCUT2D eigenvalue weighted by Gasteiger charge is -2.05. The van der Waals surface area contributed by atoms with Gasteiger partial charge in [-0.05, 0) is 42.1 Å². The Labute approximate surface area is 118 Å². The molecule has 0 amide bonds. The van der Waals surface area contributed by atoms with Crippen LogP contribution in [0.25, 0.3) is 0 Å². The molecule has 0 aliphatic carbocycles. The molecular weight excluding hydrogens is 258 g/mol. The zero-order valence-corrected chi connectivity index (χ0v) is 12.3. The first-order valence-electron chi connectivity index (χ1n) is 6.33. The van der Waals surface area contributed by atoms with E-state index in [1.807, 2.05) is 23.1 Å². The average Bonchev–Trinajstić information content (AvgIpc) is 2.91. The normalized spacial score (nSPS) is 10.7. The molecule has 1 aromatic heterocycles. The van der Waals surface area contributed by atoms with Crippen LogP contribution in [-0.4, -0.2) is 6.54 Å². The topological polar surface area (TPSA) is 12.0 Å². The minimum absolute atomic E-state index is 0.976. The van der Waals surface area contributed by atoms with Gasteiger partial charge in [-0.2, -0.15) is 0 Å². The summed E-state index contributed by atoms with van der Waals surface area (Å²) in [6.45, 7) is 4.26. The molecule has 96 valence electrons. The second kappa shape index (κ2) is 7.62. The van der Waals surface area contributed by atoms with Crippen LogP contribution in [0, 0.1) is 0 Å². The molecule has 18 heavy (non-hydrogen) atoms. The van der Waals surface area contributed by atoms with Crippen LogP contribution >= 0.6 is 23.1 Å². The van der Waals surface area contributed by atoms with Crippen molar-refractivity contribution in [3.05, 3.63) is 52.2 Å². The van der Waals surface area contributed by atoms with Gasteiger partial charge in [0.15, 0.2) is 0 Å². The van der Waals surface area contributed by atoms with E-state index in [2.05, 4.69) is 54.0 Å². The number of nitrogens with one attached hydrogen (secondary N) is 1. The lowest BCUT2D eigenvalue weighted by atomic mass is 10.2. The molecule has 0 saturated carbocycles. The van der Waals surface area contributed by atoms with Crippen molar-refractivity contribution < 1.29 is 0 Å². The zero-order valence-electron chi connectivity index (χ0n) is 10.7. The second-order valence-electron chi connectivity index (χ2n) is 4.19. The summed E-state index contributed by atoms with van der Waals surface area (Å²) < 4.78 is 0. The van der Waals surface area contributed by atoms with Gasteiger partial charge in [-0.3, -0.25) is 0 Å². The first-order valence-corrected chi connectivity index (χ1v) is 8.20. The Balaban J connectivity index is 1.80. The van der Waals surface area contributed by atoms with Crippen LogP contribution in [0.4, 0.5) is 0 Å². The monoisotopic (exact) mass is 277 g/mol. The van der Waals surface area contributed by atoms with Gasteiger partial charge < -0.3 is 5.32 Å². The molecule has 0 bridgehead atoms. The second-order valence-corrected chi connectivity index (χ2v) is 6.27. The third-order valence-electron chi connectivity index (χ3n) is 2.64. The standard InChI is InChI=1S/C15H19NS2/c1-2-9-16-11-13-5-7-14(8-6-13)18-12-15-4-3-10-17-15/h3-8,10,16H,2,9,11-12H2,1H3. The fraction of sp³-hybridized carbons (Fsp3) is 0.333. The van der Waals surface area contributed by atoms with Crippen LogP contribution in [0.15, 0.2) is 46.7 Å². The van der Waals surface area contributed by atoms with Gasteiger partial charge in [0.2, 0.25) is 0 Å². The summed E-state index contributed by atoms with van der Waals surface area (Å²) in [5, 5.41) is 5.56. The van der Waals surface area contributed by atoms with E-state index in [0.29, 0.717) is 0 Å². The van der Waals surface area contributed by atoms with Crippen LogP contribution < -0.4 is 5.32 Å². The highest BCUT2D eigenvalue weighted by molar-refractivity contribution is 7.98. The first-order chi connectivity index (χ1) is 8.88. The van der Waals surface area contributed by atoms with Crippen LogP contribution in [0.2, 0.25) is 0 Å². The van der Waals surface area contributed by atoms with Crippen molar-refractivity contribution in [3.63, 3.8) is 0 Å². The van der Waals surface area contributed by atoms with E-state index in [9.17, 15) is 0 Å². The van der Waals surface area contributed by atoms with Gasteiger partial charge >= 0.3 is 0 Å². The lowest BCUT2D eigenvalue weighted by Crippen LogP contribution is -2.13. The predicted octanol–water partition coefficient (Wildman–Crippen LogP) is 4.54. The largest absolute Gasteiger partial charge is 0.313 e. The van der Waals surface area contributed by atoms with Crippen molar-refractivity contribution in [2.24, 2.45) is 0 Å². The summed E-state index contributed by atoms with van der Waals surface area (Å²) in [5.74, 6) is 1.07. The van der Waals surface area contributed by atoms with E-state index in [0.717, 1.165) is 18.8 Å². The summed E-state index contributed by atoms with van der Waals surface area (Å²) in [7, 11) is 0. The smallest absolute Gasteiger partial charge is 0.0326 e. The molecule has 0 saturated heterocycles. The Hall–Kier alpha value is -0.770. The molecule has 3 heteroatoms. The molecule has 1 heterocycles. The molecule has 0 aliphatic rings. The number of thioether (sulfide) groups is 1. The Morgan fingerprint density at radius 2 is 2.00 bits per heavy atom. The molecule has 0 fully saturated rings. The van der Waals surface area contributed by atoms with E-state index in [1.54, 1.807) is 0 Å². The summed E-state index contributed by atoms with van der Waals surface area (Å²) in [6.07, 6.45) is 1.19. The van der Waals surface area contributed by atoms with Gasteiger partial charge in [0.1, 0.15) is 0 Å². The molecule has 0 atom stereocenters. The average molecular weight is 277 g/mol. The quantitative estimate of drug-likeness (QED) is 0.589. The minimum Gasteiger partial charge on any atom is -0.313 e. The van der Waals surface area contributed by atoms with Crippen LogP contribution in [-0.2, 0) is 12.3 Å². The van der Waals surface area contributed by atoms with Gasteiger partial charge in [-0.15, -0.1) is 23.1 Å². The molecule has 2 aromatic rings. The molecule has 0 spiro atoms. The molecule has 1 nitrogen and oxygen atoms in total. The molecular formula is C15H19NS2. The highest BCUT2D eigenvalue weighted by atomic mass is 32.2. The summed E-state index contributed by atoms with van der Waals surface area (Å²) in [4.78, 5) is 2.79. The molecule has 1 aromatic carbocycles. The summed E-state index contributed by atoms with van der Waals surface area (Å²) >= 11 is 3.73. The Morgan fingerprint density at radius 1 is 1.17 bits per heavy atom. The van der Waals surface area contributed by atoms with Gasteiger partial charge in [0.25, 0.3) is 0 Å². The molecule has 0 radical (unpaired) electrons. The maximum atomic E-state index is 3.42. The molecule has 2 rings (SSSR count). The van der Waals surface area contributed by atoms with E-state index in [1.165, 1.54) is 21.8 Å². The van der Waals surface area contributed by atoms with E-state index < -0.39 is 0 Å². The Morgan fingerprint density at radius 3 is 2.67 bits per heavy atom. The number of hydrogen-bond donors (Lipinski definition) is 1.